The molecule has 2 aromatic carbocycles. The van der Waals surface area contributed by atoms with E-state index in [-0.39, 0.29) is 0 Å². The molecule has 0 N–H and O–H groups in total. The first-order chi connectivity index (χ1) is 15.7. The Labute approximate surface area is 197 Å². The Bertz CT molecular complexity index is 831. The molecule has 0 radical (unpaired) electrons. The summed E-state index contributed by atoms with van der Waals surface area (Å²) in [5, 5.41) is 0. The third-order valence-corrected chi connectivity index (χ3v) is 8.22. The fraction of sp³-hybridized carbons (Fsp3) is 0.562. The highest BCUT2D eigenvalue weighted by Crippen LogP contribution is 2.37. The normalized spacial score (nSPS) is 23.7. The van der Waals surface area contributed by atoms with Gasteiger partial charge in [-0.05, 0) is 77.7 Å². The van der Waals surface area contributed by atoms with Gasteiger partial charge in [0.25, 0.3) is 0 Å². The van der Waals surface area contributed by atoms with Crippen LogP contribution < -0.4 is 0 Å². The Morgan fingerprint density at radius 3 is 1.94 bits per heavy atom. The van der Waals surface area contributed by atoms with E-state index in [2.05, 4.69) is 68.5 Å². The summed E-state index contributed by atoms with van der Waals surface area (Å²) in [6, 6.07) is 18.8. The minimum atomic E-state index is 0.779. The molecule has 2 aliphatic carbocycles. The van der Waals surface area contributed by atoms with Gasteiger partial charge in [0.15, 0.2) is 0 Å². The standard InChI is InChI=1S/C32H44/c1-3-4-5-6-7-8-26-11-15-28(16-12-26)30-19-23-32(24-20-30)31-21-17-29(18-22-31)27-13-9-25(2)10-14-27/h15,17-27H,3-14,16H2,1-2H3/t25-,26?,27-. The van der Waals surface area contributed by atoms with E-state index in [0.29, 0.717) is 0 Å². The first-order valence-electron chi connectivity index (χ1n) is 13.6. The van der Waals surface area contributed by atoms with E-state index in [0.717, 1.165) is 17.8 Å². The molecule has 2 aliphatic rings. The summed E-state index contributed by atoms with van der Waals surface area (Å²) in [4.78, 5) is 0. The molecular weight excluding hydrogens is 384 g/mol. The van der Waals surface area contributed by atoms with E-state index in [1.807, 2.05) is 0 Å². The summed E-state index contributed by atoms with van der Waals surface area (Å²) in [6.07, 6.45) is 20.5. The molecule has 1 unspecified atom stereocenters. The Morgan fingerprint density at radius 1 is 0.688 bits per heavy atom. The van der Waals surface area contributed by atoms with Crippen molar-refractivity contribution in [3.63, 3.8) is 0 Å². The first kappa shape index (κ1) is 23.3. The van der Waals surface area contributed by atoms with Crippen molar-refractivity contribution in [3.05, 3.63) is 65.7 Å². The van der Waals surface area contributed by atoms with Gasteiger partial charge in [0.2, 0.25) is 0 Å². The van der Waals surface area contributed by atoms with Crippen LogP contribution in [0.2, 0.25) is 0 Å². The smallest absolute Gasteiger partial charge is 0.0162 e. The molecular formula is C32H44. The molecule has 32 heavy (non-hydrogen) atoms. The molecule has 0 bridgehead atoms. The van der Waals surface area contributed by atoms with Crippen molar-refractivity contribution in [2.45, 2.75) is 103 Å². The fourth-order valence-electron chi connectivity index (χ4n) is 5.87. The molecule has 2 aromatic rings. The molecule has 172 valence electrons. The number of benzene rings is 2. The Morgan fingerprint density at radius 2 is 1.31 bits per heavy atom. The molecule has 0 saturated heterocycles. The summed E-state index contributed by atoms with van der Waals surface area (Å²) in [6.45, 7) is 4.70. The van der Waals surface area contributed by atoms with Gasteiger partial charge in [-0.15, -0.1) is 0 Å². The Balaban J connectivity index is 1.29. The lowest BCUT2D eigenvalue weighted by molar-refractivity contribution is 0.348. The van der Waals surface area contributed by atoms with Crippen molar-refractivity contribution in [1.82, 2.24) is 0 Å². The average molecular weight is 429 g/mol. The van der Waals surface area contributed by atoms with E-state index in [9.17, 15) is 0 Å². The van der Waals surface area contributed by atoms with Gasteiger partial charge in [0.1, 0.15) is 0 Å². The zero-order chi connectivity index (χ0) is 22.2. The molecule has 0 nitrogen and oxygen atoms in total. The monoisotopic (exact) mass is 428 g/mol. The van der Waals surface area contributed by atoms with Gasteiger partial charge < -0.3 is 0 Å². The predicted octanol–water partition coefficient (Wildman–Crippen LogP) is 10.2. The van der Waals surface area contributed by atoms with Crippen molar-refractivity contribution >= 4 is 5.57 Å². The van der Waals surface area contributed by atoms with Gasteiger partial charge in [0.05, 0.1) is 0 Å². The van der Waals surface area contributed by atoms with Crippen molar-refractivity contribution in [2.75, 3.05) is 0 Å². The highest BCUT2D eigenvalue weighted by atomic mass is 14.2. The summed E-state index contributed by atoms with van der Waals surface area (Å²) in [7, 11) is 0. The van der Waals surface area contributed by atoms with Crippen LogP contribution in [0, 0.1) is 11.8 Å². The van der Waals surface area contributed by atoms with E-state index in [1.54, 1.807) is 11.1 Å². The summed E-state index contributed by atoms with van der Waals surface area (Å²) < 4.78 is 0. The van der Waals surface area contributed by atoms with Gasteiger partial charge in [0, 0.05) is 0 Å². The summed E-state index contributed by atoms with van der Waals surface area (Å²) in [5.41, 5.74) is 7.25. The van der Waals surface area contributed by atoms with Crippen LogP contribution in [0.25, 0.3) is 16.7 Å². The maximum absolute atomic E-state index is 2.54. The quantitative estimate of drug-likeness (QED) is 0.348. The molecule has 0 aromatic heterocycles. The lowest BCUT2D eigenvalue weighted by atomic mass is 9.79. The van der Waals surface area contributed by atoms with Gasteiger partial charge in [-0.1, -0.05) is 120 Å². The molecule has 0 heterocycles. The van der Waals surface area contributed by atoms with Crippen LogP contribution in [-0.2, 0) is 0 Å². The molecule has 1 fully saturated rings. The molecule has 4 rings (SSSR count). The second-order valence-electron chi connectivity index (χ2n) is 10.7. The van der Waals surface area contributed by atoms with Gasteiger partial charge >= 0.3 is 0 Å². The summed E-state index contributed by atoms with van der Waals surface area (Å²) >= 11 is 0. The van der Waals surface area contributed by atoms with E-state index >= 15 is 0 Å². The average Bonchev–Trinajstić information content (AvgIpc) is 2.85. The van der Waals surface area contributed by atoms with E-state index in [4.69, 9.17) is 0 Å². The van der Waals surface area contributed by atoms with E-state index < -0.39 is 0 Å². The van der Waals surface area contributed by atoms with Crippen LogP contribution in [0.5, 0.6) is 0 Å². The lowest BCUT2D eigenvalue weighted by Gasteiger charge is -2.26. The summed E-state index contributed by atoms with van der Waals surface area (Å²) in [5.74, 6) is 2.62. The highest BCUT2D eigenvalue weighted by molar-refractivity contribution is 5.71. The zero-order valence-corrected chi connectivity index (χ0v) is 20.6. The third-order valence-electron chi connectivity index (χ3n) is 8.22. The van der Waals surface area contributed by atoms with Crippen molar-refractivity contribution in [3.8, 4) is 11.1 Å². The number of unbranched alkanes of at least 4 members (excludes halogenated alkanes) is 4. The first-order valence-corrected chi connectivity index (χ1v) is 13.6. The topological polar surface area (TPSA) is 0 Å². The van der Waals surface area contributed by atoms with Crippen molar-refractivity contribution < 1.29 is 0 Å². The minimum absolute atomic E-state index is 0.779. The second kappa shape index (κ2) is 11.9. The number of allylic oxidation sites excluding steroid dienone is 2. The van der Waals surface area contributed by atoms with E-state index in [1.165, 1.54) is 100 Å². The van der Waals surface area contributed by atoms with Crippen LogP contribution in [0.4, 0.5) is 0 Å². The maximum Gasteiger partial charge on any atom is -0.0162 e. The van der Waals surface area contributed by atoms with Crippen LogP contribution >= 0.6 is 0 Å². The minimum Gasteiger partial charge on any atom is -0.0804 e. The SMILES string of the molecule is CCCCCCCC1CC=C(c2ccc(-c3ccc([C@H]4CC[C@H](C)CC4)cc3)cc2)CC1. The van der Waals surface area contributed by atoms with Crippen LogP contribution in [0.15, 0.2) is 54.6 Å². The lowest BCUT2D eigenvalue weighted by Crippen LogP contribution is -2.10. The predicted molar refractivity (Wildman–Crippen MR) is 141 cm³/mol. The van der Waals surface area contributed by atoms with Gasteiger partial charge in [-0.3, -0.25) is 0 Å². The molecule has 1 atom stereocenters. The number of hydrogen-bond acceptors (Lipinski definition) is 0. The van der Waals surface area contributed by atoms with Gasteiger partial charge in [-0.25, -0.2) is 0 Å². The van der Waals surface area contributed by atoms with Gasteiger partial charge in [-0.2, -0.15) is 0 Å². The molecule has 0 spiro atoms. The fourth-order valence-corrected chi connectivity index (χ4v) is 5.87. The second-order valence-corrected chi connectivity index (χ2v) is 10.7. The molecule has 0 heteroatoms. The Hall–Kier alpha value is -1.82. The maximum atomic E-state index is 2.54. The van der Waals surface area contributed by atoms with Crippen molar-refractivity contribution in [1.29, 1.82) is 0 Å². The Kier molecular flexibility index (Phi) is 8.66. The molecule has 0 aliphatic heterocycles. The van der Waals surface area contributed by atoms with Crippen LogP contribution in [0.1, 0.15) is 114 Å². The zero-order valence-electron chi connectivity index (χ0n) is 20.6. The number of rotatable bonds is 9. The van der Waals surface area contributed by atoms with Crippen molar-refractivity contribution in [2.24, 2.45) is 11.8 Å². The largest absolute Gasteiger partial charge is 0.0804 e. The van der Waals surface area contributed by atoms with Crippen LogP contribution in [0.3, 0.4) is 0 Å². The molecule has 1 saturated carbocycles. The third kappa shape index (κ3) is 6.37. The van der Waals surface area contributed by atoms with Crippen LogP contribution in [-0.4, -0.2) is 0 Å². The molecule has 0 amide bonds. The highest BCUT2D eigenvalue weighted by Gasteiger charge is 2.19. The number of hydrogen-bond donors (Lipinski definition) is 0.